The first-order valence-electron chi connectivity index (χ1n) is 6.92. The topological polar surface area (TPSA) is 41.1 Å². The molecule has 18 heavy (non-hydrogen) atoms. The zero-order chi connectivity index (χ0) is 12.4. The number of fused-ring (bicyclic) bond motifs is 1. The molecule has 0 bridgehead atoms. The highest BCUT2D eigenvalue weighted by Gasteiger charge is 2.27. The summed E-state index contributed by atoms with van der Waals surface area (Å²) >= 11 is 1.79. The Labute approximate surface area is 112 Å². The number of carbonyl (C=O) groups is 1. The molecule has 1 saturated carbocycles. The number of amides is 1. The van der Waals surface area contributed by atoms with E-state index in [4.69, 9.17) is 0 Å². The van der Waals surface area contributed by atoms with Gasteiger partial charge in [-0.05, 0) is 49.1 Å². The van der Waals surface area contributed by atoms with Gasteiger partial charge in [-0.3, -0.25) is 4.79 Å². The largest absolute Gasteiger partial charge is 0.354 e. The summed E-state index contributed by atoms with van der Waals surface area (Å²) in [6, 6.07) is 2.85. The maximum absolute atomic E-state index is 12.2. The first-order chi connectivity index (χ1) is 8.84. The van der Waals surface area contributed by atoms with Gasteiger partial charge < -0.3 is 10.6 Å². The second kappa shape index (κ2) is 5.41. The van der Waals surface area contributed by atoms with Gasteiger partial charge in [-0.15, -0.1) is 11.3 Å². The highest BCUT2D eigenvalue weighted by atomic mass is 32.1. The van der Waals surface area contributed by atoms with E-state index in [0.717, 1.165) is 38.4 Å². The van der Waals surface area contributed by atoms with Gasteiger partial charge in [0.25, 0.3) is 0 Å². The van der Waals surface area contributed by atoms with Crippen LogP contribution in [0, 0.1) is 0 Å². The fourth-order valence-corrected chi connectivity index (χ4v) is 3.62. The maximum Gasteiger partial charge on any atom is 0.227 e. The number of hydrogen-bond donors (Lipinski definition) is 2. The Hall–Kier alpha value is -0.870. The summed E-state index contributed by atoms with van der Waals surface area (Å²) in [5.41, 5.74) is 1.28. The van der Waals surface area contributed by atoms with Crippen molar-refractivity contribution in [1.29, 1.82) is 0 Å². The minimum absolute atomic E-state index is 0.0981. The van der Waals surface area contributed by atoms with Crippen molar-refractivity contribution in [2.24, 2.45) is 0 Å². The summed E-state index contributed by atoms with van der Waals surface area (Å²) in [6.45, 7) is 1.66. The molecule has 1 amide bonds. The molecule has 3 nitrogen and oxygen atoms in total. The van der Waals surface area contributed by atoms with Crippen molar-refractivity contribution in [2.75, 3.05) is 13.1 Å². The minimum Gasteiger partial charge on any atom is -0.354 e. The van der Waals surface area contributed by atoms with Gasteiger partial charge >= 0.3 is 0 Å². The van der Waals surface area contributed by atoms with Crippen molar-refractivity contribution in [3.05, 3.63) is 21.9 Å². The smallest absolute Gasteiger partial charge is 0.227 e. The van der Waals surface area contributed by atoms with E-state index < -0.39 is 0 Å². The molecule has 1 aromatic rings. The summed E-state index contributed by atoms with van der Waals surface area (Å²) in [5, 5.41) is 8.60. The van der Waals surface area contributed by atoms with Crippen LogP contribution in [0.2, 0.25) is 0 Å². The molecule has 1 fully saturated rings. The van der Waals surface area contributed by atoms with Crippen LogP contribution in [0.4, 0.5) is 0 Å². The van der Waals surface area contributed by atoms with Gasteiger partial charge in [0.15, 0.2) is 0 Å². The Morgan fingerprint density at radius 3 is 3.06 bits per heavy atom. The average Bonchev–Trinajstić information content (AvgIpc) is 3.08. The summed E-state index contributed by atoms with van der Waals surface area (Å²) < 4.78 is 0. The van der Waals surface area contributed by atoms with Crippen molar-refractivity contribution in [3.63, 3.8) is 0 Å². The number of nitrogens with one attached hydrogen (secondary N) is 2. The van der Waals surface area contributed by atoms with Crippen LogP contribution in [-0.2, 0) is 11.2 Å². The number of thiophene rings is 1. The standard InChI is InChI=1S/C14H20N2OS/c17-14(16-8-7-15-10-4-5-10)12-2-1-3-13-11(12)6-9-18-13/h6,9-10,12,15H,1-5,7-8H2,(H,16,17). The minimum atomic E-state index is 0.0981. The van der Waals surface area contributed by atoms with Gasteiger partial charge in [0.05, 0.1) is 5.92 Å². The third kappa shape index (κ3) is 2.75. The molecule has 0 spiro atoms. The SMILES string of the molecule is O=C(NCCNC1CC1)C1CCCc2sccc21. The predicted molar refractivity (Wildman–Crippen MR) is 74.0 cm³/mol. The van der Waals surface area contributed by atoms with E-state index in [0.29, 0.717) is 0 Å². The van der Waals surface area contributed by atoms with E-state index in [2.05, 4.69) is 22.1 Å². The Morgan fingerprint density at radius 1 is 1.33 bits per heavy atom. The molecule has 2 N–H and O–H groups in total. The summed E-state index contributed by atoms with van der Waals surface area (Å²) in [7, 11) is 0. The van der Waals surface area contributed by atoms with Crippen molar-refractivity contribution >= 4 is 17.2 Å². The molecule has 0 radical (unpaired) electrons. The molecular weight excluding hydrogens is 244 g/mol. The highest BCUT2D eigenvalue weighted by Crippen LogP contribution is 2.34. The fourth-order valence-electron chi connectivity index (χ4n) is 2.63. The summed E-state index contributed by atoms with van der Waals surface area (Å²) in [6.07, 6.45) is 5.90. The number of aryl methyl sites for hydroxylation is 1. The summed E-state index contributed by atoms with van der Waals surface area (Å²) in [5.74, 6) is 0.313. The lowest BCUT2D eigenvalue weighted by Gasteiger charge is -2.21. The van der Waals surface area contributed by atoms with Gasteiger partial charge in [0.2, 0.25) is 5.91 Å². The van der Waals surface area contributed by atoms with Crippen LogP contribution < -0.4 is 10.6 Å². The predicted octanol–water partition coefficient (Wildman–Crippen LogP) is 2.04. The van der Waals surface area contributed by atoms with E-state index in [1.807, 2.05) is 0 Å². The normalized spacial score (nSPS) is 22.6. The third-order valence-corrected chi connectivity index (χ3v) is 4.80. The molecule has 1 aromatic heterocycles. The lowest BCUT2D eigenvalue weighted by Crippen LogP contribution is -2.36. The van der Waals surface area contributed by atoms with Crippen molar-refractivity contribution in [1.82, 2.24) is 10.6 Å². The van der Waals surface area contributed by atoms with Gasteiger partial charge in [-0.1, -0.05) is 0 Å². The van der Waals surface area contributed by atoms with Crippen molar-refractivity contribution < 1.29 is 4.79 Å². The summed E-state index contributed by atoms with van der Waals surface area (Å²) in [4.78, 5) is 13.6. The first kappa shape index (κ1) is 12.2. The van der Waals surface area contributed by atoms with Crippen LogP contribution in [0.15, 0.2) is 11.4 Å². The quantitative estimate of drug-likeness (QED) is 0.799. The molecule has 2 aliphatic rings. The van der Waals surface area contributed by atoms with Crippen LogP contribution in [0.25, 0.3) is 0 Å². The van der Waals surface area contributed by atoms with E-state index in [9.17, 15) is 4.79 Å². The molecule has 4 heteroatoms. The Kier molecular flexibility index (Phi) is 3.66. The van der Waals surface area contributed by atoms with Gasteiger partial charge in [-0.2, -0.15) is 0 Å². The highest BCUT2D eigenvalue weighted by molar-refractivity contribution is 7.10. The number of hydrogen-bond acceptors (Lipinski definition) is 3. The zero-order valence-corrected chi connectivity index (χ0v) is 11.4. The third-order valence-electron chi connectivity index (χ3n) is 3.80. The number of rotatable bonds is 5. The molecule has 0 saturated heterocycles. The fraction of sp³-hybridized carbons (Fsp3) is 0.643. The molecule has 1 atom stereocenters. The van der Waals surface area contributed by atoms with Crippen LogP contribution in [0.3, 0.4) is 0 Å². The van der Waals surface area contributed by atoms with E-state index in [-0.39, 0.29) is 11.8 Å². The van der Waals surface area contributed by atoms with E-state index in [1.165, 1.54) is 23.3 Å². The Balaban J connectivity index is 1.50. The van der Waals surface area contributed by atoms with Crippen molar-refractivity contribution in [3.8, 4) is 0 Å². The van der Waals surface area contributed by atoms with Crippen molar-refractivity contribution in [2.45, 2.75) is 44.1 Å². The van der Waals surface area contributed by atoms with Gasteiger partial charge in [-0.25, -0.2) is 0 Å². The Morgan fingerprint density at radius 2 is 2.22 bits per heavy atom. The molecule has 0 aliphatic heterocycles. The van der Waals surface area contributed by atoms with Crippen LogP contribution in [0.1, 0.15) is 42.0 Å². The molecule has 3 rings (SSSR count). The van der Waals surface area contributed by atoms with Gasteiger partial charge in [0, 0.05) is 24.0 Å². The molecule has 98 valence electrons. The maximum atomic E-state index is 12.2. The second-order valence-corrected chi connectivity index (χ2v) is 6.26. The Bertz CT molecular complexity index is 425. The second-order valence-electron chi connectivity index (χ2n) is 5.26. The van der Waals surface area contributed by atoms with E-state index in [1.54, 1.807) is 11.3 Å². The lowest BCUT2D eigenvalue weighted by atomic mass is 9.87. The van der Waals surface area contributed by atoms with Crippen LogP contribution in [-0.4, -0.2) is 25.0 Å². The lowest BCUT2D eigenvalue weighted by molar-refractivity contribution is -0.122. The molecule has 1 heterocycles. The van der Waals surface area contributed by atoms with E-state index >= 15 is 0 Å². The molecule has 2 aliphatic carbocycles. The first-order valence-corrected chi connectivity index (χ1v) is 7.80. The molecule has 0 aromatic carbocycles. The van der Waals surface area contributed by atoms with Gasteiger partial charge in [0.1, 0.15) is 0 Å². The molecular formula is C14H20N2OS. The monoisotopic (exact) mass is 264 g/mol. The van der Waals surface area contributed by atoms with Crippen LogP contribution >= 0.6 is 11.3 Å². The van der Waals surface area contributed by atoms with Crippen LogP contribution in [0.5, 0.6) is 0 Å². The number of carbonyl (C=O) groups excluding carboxylic acids is 1. The average molecular weight is 264 g/mol. The molecule has 1 unspecified atom stereocenters. The zero-order valence-electron chi connectivity index (χ0n) is 10.6.